The van der Waals surface area contributed by atoms with Gasteiger partial charge in [-0.1, -0.05) is 13.8 Å². The van der Waals surface area contributed by atoms with Crippen LogP contribution in [0.25, 0.3) is 0 Å². The molecule has 1 rings (SSSR count). The smallest absolute Gasteiger partial charge is 0.0798 e. The molecule has 0 aliphatic heterocycles. The van der Waals surface area contributed by atoms with Crippen LogP contribution in [0.5, 0.6) is 0 Å². The summed E-state index contributed by atoms with van der Waals surface area (Å²) in [6.45, 7) is 12.1. The van der Waals surface area contributed by atoms with Crippen molar-refractivity contribution in [1.82, 2.24) is 15.2 Å². The third kappa shape index (κ3) is 7.04. The van der Waals surface area contributed by atoms with E-state index in [1.807, 2.05) is 5.51 Å². The maximum Gasteiger partial charge on any atom is 0.0798 e. The lowest BCUT2D eigenvalue weighted by Gasteiger charge is -2.19. The van der Waals surface area contributed by atoms with Crippen LogP contribution >= 0.6 is 11.3 Å². The van der Waals surface area contributed by atoms with Crippen molar-refractivity contribution in [3.63, 3.8) is 0 Å². The molecule has 1 N–H and O–H groups in total. The molecule has 0 aliphatic carbocycles. The van der Waals surface area contributed by atoms with E-state index in [0.29, 0.717) is 6.04 Å². The average molecular weight is 283 g/mol. The number of thiazole rings is 1. The molecule has 19 heavy (non-hydrogen) atoms. The van der Waals surface area contributed by atoms with E-state index in [9.17, 15) is 0 Å². The summed E-state index contributed by atoms with van der Waals surface area (Å²) >= 11 is 1.76. The number of nitrogens with one attached hydrogen (secondary N) is 1. The molecule has 0 fully saturated rings. The first-order valence-electron chi connectivity index (χ1n) is 7.30. The van der Waals surface area contributed by atoms with Crippen molar-refractivity contribution in [3.8, 4) is 0 Å². The number of aromatic nitrogens is 1. The summed E-state index contributed by atoms with van der Waals surface area (Å²) in [5.74, 6) is 0.807. The molecule has 110 valence electrons. The normalized spacial score (nSPS) is 13.4. The molecule has 1 aromatic rings. The number of likely N-dealkylation sites (N-methyl/N-ethyl adjacent to an activating group) is 1. The summed E-state index contributed by atoms with van der Waals surface area (Å²) in [5.41, 5.74) is 3.11. The predicted molar refractivity (Wildman–Crippen MR) is 84.7 cm³/mol. The molecule has 0 bridgehead atoms. The third-order valence-corrected chi connectivity index (χ3v) is 4.34. The molecule has 3 nitrogen and oxygen atoms in total. The summed E-state index contributed by atoms with van der Waals surface area (Å²) in [7, 11) is 2.18. The lowest BCUT2D eigenvalue weighted by Crippen LogP contribution is -2.34. The van der Waals surface area contributed by atoms with Gasteiger partial charge in [0.2, 0.25) is 0 Å². The van der Waals surface area contributed by atoms with E-state index in [4.69, 9.17) is 0 Å². The zero-order valence-electron chi connectivity index (χ0n) is 13.1. The second-order valence-electron chi connectivity index (χ2n) is 5.93. The highest BCUT2D eigenvalue weighted by molar-refractivity contribution is 7.09. The molecule has 1 heterocycles. The monoisotopic (exact) mass is 283 g/mol. The van der Waals surface area contributed by atoms with Gasteiger partial charge in [0.15, 0.2) is 0 Å². The highest BCUT2D eigenvalue weighted by Gasteiger charge is 2.07. The first kappa shape index (κ1) is 16.6. The van der Waals surface area contributed by atoms with Gasteiger partial charge in [0.1, 0.15) is 0 Å². The van der Waals surface area contributed by atoms with Crippen molar-refractivity contribution in [2.45, 2.75) is 53.1 Å². The van der Waals surface area contributed by atoms with Gasteiger partial charge in [-0.25, -0.2) is 4.98 Å². The molecule has 0 spiro atoms. The first-order valence-corrected chi connectivity index (χ1v) is 8.18. The van der Waals surface area contributed by atoms with Gasteiger partial charge >= 0.3 is 0 Å². The van der Waals surface area contributed by atoms with Gasteiger partial charge in [-0.2, -0.15) is 0 Å². The minimum absolute atomic E-state index is 0.626. The Morgan fingerprint density at radius 3 is 2.63 bits per heavy atom. The van der Waals surface area contributed by atoms with Crippen molar-refractivity contribution in [3.05, 3.63) is 16.1 Å². The Bertz CT molecular complexity index is 349. The maximum atomic E-state index is 4.30. The first-order chi connectivity index (χ1) is 8.99. The zero-order chi connectivity index (χ0) is 14.3. The van der Waals surface area contributed by atoms with Gasteiger partial charge in [0.25, 0.3) is 0 Å². The topological polar surface area (TPSA) is 28.2 Å². The van der Waals surface area contributed by atoms with Crippen LogP contribution in [-0.2, 0) is 6.54 Å². The number of hydrogen-bond acceptors (Lipinski definition) is 4. The zero-order valence-corrected chi connectivity index (χ0v) is 13.9. The highest BCUT2D eigenvalue weighted by atomic mass is 32.1. The molecule has 0 saturated carbocycles. The van der Waals surface area contributed by atoms with E-state index < -0.39 is 0 Å². The Balaban J connectivity index is 2.13. The van der Waals surface area contributed by atoms with Crippen molar-refractivity contribution >= 4 is 11.3 Å². The van der Waals surface area contributed by atoms with E-state index >= 15 is 0 Å². The number of aryl methyl sites for hydroxylation is 1. The van der Waals surface area contributed by atoms with E-state index in [0.717, 1.165) is 25.6 Å². The van der Waals surface area contributed by atoms with Crippen LogP contribution in [0.3, 0.4) is 0 Å². The summed E-state index contributed by atoms with van der Waals surface area (Å²) < 4.78 is 0. The van der Waals surface area contributed by atoms with Crippen LogP contribution in [0.15, 0.2) is 5.51 Å². The lowest BCUT2D eigenvalue weighted by molar-refractivity contribution is 0.316. The van der Waals surface area contributed by atoms with Crippen LogP contribution < -0.4 is 5.32 Å². The van der Waals surface area contributed by atoms with Crippen molar-refractivity contribution < 1.29 is 0 Å². The molecule has 1 aromatic heterocycles. The fourth-order valence-corrected chi connectivity index (χ4v) is 2.85. The predicted octanol–water partition coefficient (Wildman–Crippen LogP) is 3.30. The molecule has 0 aromatic carbocycles. The highest BCUT2D eigenvalue weighted by Crippen LogP contribution is 2.13. The van der Waals surface area contributed by atoms with Crippen LogP contribution in [0.1, 0.15) is 44.2 Å². The van der Waals surface area contributed by atoms with Gasteiger partial charge in [0, 0.05) is 30.6 Å². The lowest BCUT2D eigenvalue weighted by atomic mass is 10.0. The molecule has 1 unspecified atom stereocenters. The second kappa shape index (κ2) is 8.67. The molecule has 0 amide bonds. The Labute approximate surface area is 122 Å². The SMILES string of the molecule is Cc1ncsc1CN(C)CCNC(C)CCC(C)C. The van der Waals surface area contributed by atoms with Crippen molar-refractivity contribution in [1.29, 1.82) is 0 Å². The van der Waals surface area contributed by atoms with Gasteiger partial charge in [-0.05, 0) is 39.7 Å². The maximum absolute atomic E-state index is 4.30. The molecule has 1 atom stereocenters. The van der Waals surface area contributed by atoms with Crippen LogP contribution in [0.4, 0.5) is 0 Å². The standard InChI is InChI=1S/C15H29N3S/c1-12(2)6-7-13(3)16-8-9-18(5)10-15-14(4)17-11-19-15/h11-13,16H,6-10H2,1-5H3. The Kier molecular flexibility index (Phi) is 7.57. The van der Waals surface area contributed by atoms with Crippen LogP contribution in [0, 0.1) is 12.8 Å². The van der Waals surface area contributed by atoms with E-state index in [-0.39, 0.29) is 0 Å². The molecule has 0 aliphatic rings. The van der Waals surface area contributed by atoms with Gasteiger partial charge < -0.3 is 5.32 Å². The molecular weight excluding hydrogens is 254 g/mol. The number of rotatable bonds is 9. The Morgan fingerprint density at radius 1 is 1.32 bits per heavy atom. The fourth-order valence-electron chi connectivity index (χ4n) is 1.99. The van der Waals surface area contributed by atoms with Gasteiger partial charge in [0.05, 0.1) is 11.2 Å². The Morgan fingerprint density at radius 2 is 2.05 bits per heavy atom. The summed E-state index contributed by atoms with van der Waals surface area (Å²) in [6.07, 6.45) is 2.58. The van der Waals surface area contributed by atoms with Crippen molar-refractivity contribution in [2.24, 2.45) is 5.92 Å². The summed E-state index contributed by atoms with van der Waals surface area (Å²) in [4.78, 5) is 8.04. The van der Waals surface area contributed by atoms with Crippen LogP contribution in [0.2, 0.25) is 0 Å². The third-order valence-electron chi connectivity index (χ3n) is 3.42. The summed E-state index contributed by atoms with van der Waals surface area (Å²) in [5, 5.41) is 3.61. The molecular formula is C15H29N3S. The second-order valence-corrected chi connectivity index (χ2v) is 6.86. The van der Waals surface area contributed by atoms with E-state index in [1.165, 1.54) is 23.4 Å². The van der Waals surface area contributed by atoms with Gasteiger partial charge in [-0.15, -0.1) is 11.3 Å². The van der Waals surface area contributed by atoms with Gasteiger partial charge in [-0.3, -0.25) is 4.90 Å². The average Bonchev–Trinajstić information content (AvgIpc) is 2.72. The van der Waals surface area contributed by atoms with E-state index in [2.05, 4.69) is 49.9 Å². The Hall–Kier alpha value is -0.450. The number of hydrogen-bond donors (Lipinski definition) is 1. The summed E-state index contributed by atoms with van der Waals surface area (Å²) in [6, 6.07) is 0.626. The minimum atomic E-state index is 0.626. The number of nitrogens with zero attached hydrogens (tertiary/aromatic N) is 2. The van der Waals surface area contributed by atoms with Crippen molar-refractivity contribution in [2.75, 3.05) is 20.1 Å². The quantitative estimate of drug-likeness (QED) is 0.754. The largest absolute Gasteiger partial charge is 0.313 e. The minimum Gasteiger partial charge on any atom is -0.313 e. The molecule has 0 saturated heterocycles. The van der Waals surface area contributed by atoms with E-state index in [1.54, 1.807) is 11.3 Å². The molecule has 0 radical (unpaired) electrons. The molecule has 4 heteroatoms. The fraction of sp³-hybridized carbons (Fsp3) is 0.800. The van der Waals surface area contributed by atoms with Crippen LogP contribution in [-0.4, -0.2) is 36.1 Å².